The van der Waals surface area contributed by atoms with Crippen molar-refractivity contribution in [2.24, 2.45) is 4.99 Å². The number of likely N-dealkylation sites (tertiary alicyclic amines) is 2. The molecule has 0 aliphatic carbocycles. The Morgan fingerprint density at radius 1 is 1.06 bits per heavy atom. The Kier molecular flexibility index (Phi) is 12.6. The van der Waals surface area contributed by atoms with Crippen LogP contribution in [0.3, 0.4) is 0 Å². The van der Waals surface area contributed by atoms with Gasteiger partial charge in [-0.3, -0.25) is 9.89 Å². The van der Waals surface area contributed by atoms with Gasteiger partial charge in [0.15, 0.2) is 5.96 Å². The van der Waals surface area contributed by atoms with Crippen molar-refractivity contribution < 1.29 is 9.47 Å². The lowest BCUT2D eigenvalue weighted by Crippen LogP contribution is -2.45. The third-order valence-electron chi connectivity index (χ3n) is 6.76. The van der Waals surface area contributed by atoms with Gasteiger partial charge in [-0.05, 0) is 69.8 Å². The number of hydrogen-bond donors (Lipinski definition) is 2. The Morgan fingerprint density at radius 3 is 2.48 bits per heavy atom. The molecule has 8 heteroatoms. The molecule has 2 aliphatic rings. The fourth-order valence-corrected chi connectivity index (χ4v) is 4.83. The highest BCUT2D eigenvalue weighted by Crippen LogP contribution is 2.24. The number of methoxy groups -OCH3 is 2. The SMILES string of the molecule is CN=C(NCCCCN1CCCCC1C)NC1CCN(Cc2cc(OC)cc(OC)c2)C1.I. The van der Waals surface area contributed by atoms with Gasteiger partial charge in [-0.2, -0.15) is 0 Å². The van der Waals surface area contributed by atoms with Crippen molar-refractivity contribution in [3.05, 3.63) is 23.8 Å². The first-order valence-electron chi connectivity index (χ1n) is 12.3. The fraction of sp³-hybridized carbons (Fsp3) is 0.720. The zero-order valence-electron chi connectivity index (χ0n) is 20.9. The van der Waals surface area contributed by atoms with Gasteiger partial charge in [-0.15, -0.1) is 24.0 Å². The van der Waals surface area contributed by atoms with Gasteiger partial charge in [0.25, 0.3) is 0 Å². The van der Waals surface area contributed by atoms with Gasteiger partial charge in [0.2, 0.25) is 0 Å². The van der Waals surface area contributed by atoms with Gasteiger partial charge in [0.05, 0.1) is 14.2 Å². The summed E-state index contributed by atoms with van der Waals surface area (Å²) in [6.45, 7) is 8.82. The van der Waals surface area contributed by atoms with Gasteiger partial charge < -0.3 is 25.0 Å². The predicted octanol–water partition coefficient (Wildman–Crippen LogP) is 3.72. The standard InChI is InChI=1S/C25H43N5O2.HI/c1-20-9-5-7-12-30(20)13-8-6-11-27-25(26-2)28-22-10-14-29(19-22)18-21-15-23(31-3)17-24(16-21)32-4;/h15-17,20,22H,5-14,18-19H2,1-4H3,(H2,26,27,28);1H. The molecule has 2 unspecified atom stereocenters. The molecular formula is C25H44IN5O2. The molecule has 33 heavy (non-hydrogen) atoms. The van der Waals surface area contributed by atoms with E-state index in [9.17, 15) is 0 Å². The molecule has 2 atom stereocenters. The molecular weight excluding hydrogens is 529 g/mol. The quantitative estimate of drug-likeness (QED) is 0.193. The van der Waals surface area contributed by atoms with E-state index in [-0.39, 0.29) is 24.0 Å². The summed E-state index contributed by atoms with van der Waals surface area (Å²) in [5.41, 5.74) is 1.22. The minimum atomic E-state index is 0. The summed E-state index contributed by atoms with van der Waals surface area (Å²) in [7, 11) is 5.25. The number of halogens is 1. The average Bonchev–Trinajstić information content (AvgIpc) is 3.25. The van der Waals surface area contributed by atoms with Gasteiger partial charge in [-0.1, -0.05) is 6.42 Å². The van der Waals surface area contributed by atoms with Gasteiger partial charge >= 0.3 is 0 Å². The van der Waals surface area contributed by atoms with E-state index in [1.54, 1.807) is 14.2 Å². The monoisotopic (exact) mass is 573 g/mol. The Labute approximate surface area is 217 Å². The number of hydrogen-bond acceptors (Lipinski definition) is 5. The summed E-state index contributed by atoms with van der Waals surface area (Å²) in [4.78, 5) is 9.56. The van der Waals surface area contributed by atoms with E-state index in [0.29, 0.717) is 6.04 Å². The Bertz CT molecular complexity index is 710. The lowest BCUT2D eigenvalue weighted by molar-refractivity contribution is 0.158. The summed E-state index contributed by atoms with van der Waals surface area (Å²) < 4.78 is 10.8. The Balaban J connectivity index is 0.00000385. The van der Waals surface area contributed by atoms with Crippen molar-refractivity contribution in [3.8, 4) is 11.5 Å². The number of aliphatic imine (C=N–C) groups is 1. The first-order valence-corrected chi connectivity index (χ1v) is 12.3. The van der Waals surface area contributed by atoms with Crippen molar-refractivity contribution in [1.29, 1.82) is 0 Å². The van der Waals surface area contributed by atoms with Crippen LogP contribution in [0.1, 0.15) is 51.0 Å². The summed E-state index contributed by atoms with van der Waals surface area (Å²) in [6, 6.07) is 7.28. The minimum absolute atomic E-state index is 0. The van der Waals surface area contributed by atoms with Crippen LogP contribution in [-0.2, 0) is 6.54 Å². The van der Waals surface area contributed by atoms with Crippen LogP contribution >= 0.6 is 24.0 Å². The molecule has 2 heterocycles. The summed E-state index contributed by atoms with van der Waals surface area (Å²) in [5, 5.41) is 7.12. The lowest BCUT2D eigenvalue weighted by Gasteiger charge is -2.33. The second kappa shape index (κ2) is 14.9. The number of benzene rings is 1. The van der Waals surface area contributed by atoms with Gasteiger partial charge in [0.1, 0.15) is 11.5 Å². The zero-order valence-corrected chi connectivity index (χ0v) is 23.3. The number of guanidine groups is 1. The number of piperidine rings is 1. The Hall–Kier alpha value is -1.26. The highest BCUT2D eigenvalue weighted by Gasteiger charge is 2.23. The molecule has 0 spiro atoms. The van der Waals surface area contributed by atoms with E-state index in [4.69, 9.17) is 9.47 Å². The van der Waals surface area contributed by atoms with E-state index in [1.807, 2.05) is 13.1 Å². The van der Waals surface area contributed by atoms with E-state index in [1.165, 1.54) is 50.8 Å². The highest BCUT2D eigenvalue weighted by atomic mass is 127. The largest absolute Gasteiger partial charge is 0.497 e. The van der Waals surface area contributed by atoms with Crippen molar-refractivity contribution in [3.63, 3.8) is 0 Å². The van der Waals surface area contributed by atoms with Crippen LogP contribution in [0.4, 0.5) is 0 Å². The molecule has 0 radical (unpaired) electrons. The van der Waals surface area contributed by atoms with E-state index in [0.717, 1.165) is 56.1 Å². The zero-order chi connectivity index (χ0) is 22.8. The molecule has 2 N–H and O–H groups in total. The molecule has 0 bridgehead atoms. The van der Waals surface area contributed by atoms with E-state index < -0.39 is 0 Å². The molecule has 7 nitrogen and oxygen atoms in total. The van der Waals surface area contributed by atoms with Crippen molar-refractivity contribution in [2.45, 2.75) is 64.1 Å². The van der Waals surface area contributed by atoms with Crippen LogP contribution in [-0.4, -0.2) is 81.8 Å². The number of nitrogens with zero attached hydrogens (tertiary/aromatic N) is 3. The van der Waals surface area contributed by atoms with Gasteiger partial charge in [0, 0.05) is 51.4 Å². The van der Waals surface area contributed by atoms with Crippen LogP contribution in [0.15, 0.2) is 23.2 Å². The maximum atomic E-state index is 5.41. The molecule has 0 aromatic heterocycles. The van der Waals surface area contributed by atoms with E-state index >= 15 is 0 Å². The fourth-order valence-electron chi connectivity index (χ4n) is 4.83. The molecule has 1 aromatic rings. The van der Waals surface area contributed by atoms with Crippen LogP contribution in [0.25, 0.3) is 0 Å². The number of ether oxygens (including phenoxy) is 2. The van der Waals surface area contributed by atoms with Crippen molar-refractivity contribution in [1.82, 2.24) is 20.4 Å². The van der Waals surface area contributed by atoms with Crippen LogP contribution in [0.5, 0.6) is 11.5 Å². The molecule has 0 amide bonds. The third-order valence-corrected chi connectivity index (χ3v) is 6.76. The summed E-state index contributed by atoms with van der Waals surface area (Å²) >= 11 is 0. The molecule has 2 saturated heterocycles. The van der Waals surface area contributed by atoms with Crippen molar-refractivity contribution >= 4 is 29.9 Å². The average molecular weight is 574 g/mol. The van der Waals surface area contributed by atoms with Gasteiger partial charge in [-0.25, -0.2) is 0 Å². The normalized spacial score (nSPS) is 22.0. The maximum Gasteiger partial charge on any atom is 0.191 e. The topological polar surface area (TPSA) is 61.4 Å². The number of unbranched alkanes of at least 4 members (excludes halogenated alkanes) is 1. The molecule has 0 saturated carbocycles. The first-order chi connectivity index (χ1) is 15.6. The third kappa shape index (κ3) is 9.13. The second-order valence-electron chi connectivity index (χ2n) is 9.17. The lowest BCUT2D eigenvalue weighted by atomic mass is 10.0. The summed E-state index contributed by atoms with van der Waals surface area (Å²) in [6.07, 6.45) is 7.66. The highest BCUT2D eigenvalue weighted by molar-refractivity contribution is 14.0. The van der Waals surface area contributed by atoms with E-state index in [2.05, 4.69) is 44.5 Å². The summed E-state index contributed by atoms with van der Waals surface area (Å²) in [5.74, 6) is 2.60. The van der Waals surface area contributed by atoms with Crippen LogP contribution in [0, 0.1) is 0 Å². The van der Waals surface area contributed by atoms with Crippen molar-refractivity contribution in [2.75, 3.05) is 54.0 Å². The second-order valence-corrected chi connectivity index (χ2v) is 9.17. The minimum Gasteiger partial charge on any atom is -0.497 e. The predicted molar refractivity (Wildman–Crippen MR) is 147 cm³/mol. The number of rotatable bonds is 10. The van der Waals surface area contributed by atoms with Crippen LogP contribution in [0.2, 0.25) is 0 Å². The smallest absolute Gasteiger partial charge is 0.191 e. The molecule has 3 rings (SSSR count). The molecule has 2 fully saturated rings. The molecule has 1 aromatic carbocycles. The molecule has 2 aliphatic heterocycles. The molecule has 188 valence electrons. The number of nitrogens with one attached hydrogen (secondary N) is 2. The first kappa shape index (κ1) is 28.0. The van der Waals surface area contributed by atoms with Crippen LogP contribution < -0.4 is 20.1 Å². The Morgan fingerprint density at radius 2 is 1.82 bits per heavy atom. The maximum absolute atomic E-state index is 5.41.